The van der Waals surface area contributed by atoms with E-state index in [1.807, 2.05) is 19.2 Å². The van der Waals surface area contributed by atoms with E-state index in [1.165, 1.54) is 0 Å². The van der Waals surface area contributed by atoms with Gasteiger partial charge in [-0.05, 0) is 20.3 Å². The van der Waals surface area contributed by atoms with E-state index in [4.69, 9.17) is 4.74 Å². The molecule has 1 aromatic heterocycles. The zero-order valence-electron chi connectivity index (χ0n) is 11.6. The normalized spacial score (nSPS) is 12.8. The van der Waals surface area contributed by atoms with Gasteiger partial charge in [0.1, 0.15) is 5.75 Å². The third-order valence-electron chi connectivity index (χ3n) is 2.68. The standard InChI is InChI=1S/C14H24N2O/c1-6-12(5)17-14-7-11(4)16-9-13(14)8-15-10(2)3/h7,9-10,12,15H,6,8H2,1-5H3. The molecule has 0 fully saturated rings. The summed E-state index contributed by atoms with van der Waals surface area (Å²) in [6.45, 7) is 11.3. The summed E-state index contributed by atoms with van der Waals surface area (Å²) >= 11 is 0. The Morgan fingerprint density at radius 1 is 1.35 bits per heavy atom. The van der Waals surface area contributed by atoms with Crippen molar-refractivity contribution in [3.05, 3.63) is 23.5 Å². The quantitative estimate of drug-likeness (QED) is 0.824. The van der Waals surface area contributed by atoms with Gasteiger partial charge in [-0.15, -0.1) is 0 Å². The predicted octanol–water partition coefficient (Wildman–Crippen LogP) is 3.07. The van der Waals surface area contributed by atoms with E-state index in [2.05, 4.69) is 38.0 Å². The summed E-state index contributed by atoms with van der Waals surface area (Å²) in [6, 6.07) is 2.48. The highest BCUT2D eigenvalue weighted by molar-refractivity contribution is 5.33. The minimum Gasteiger partial charge on any atom is -0.490 e. The Morgan fingerprint density at radius 3 is 2.65 bits per heavy atom. The summed E-state index contributed by atoms with van der Waals surface area (Å²) < 4.78 is 5.93. The maximum atomic E-state index is 5.93. The lowest BCUT2D eigenvalue weighted by molar-refractivity contribution is 0.214. The van der Waals surface area contributed by atoms with E-state index in [1.54, 1.807) is 0 Å². The monoisotopic (exact) mass is 236 g/mol. The summed E-state index contributed by atoms with van der Waals surface area (Å²) in [5.41, 5.74) is 2.13. The number of ether oxygens (including phenoxy) is 1. The molecule has 0 saturated carbocycles. The topological polar surface area (TPSA) is 34.1 Å². The molecule has 3 heteroatoms. The van der Waals surface area contributed by atoms with Crippen LogP contribution < -0.4 is 10.1 Å². The Hall–Kier alpha value is -1.09. The van der Waals surface area contributed by atoms with Gasteiger partial charge in [0.05, 0.1) is 6.10 Å². The molecule has 0 aliphatic heterocycles. The highest BCUT2D eigenvalue weighted by atomic mass is 16.5. The molecule has 0 spiro atoms. The van der Waals surface area contributed by atoms with Crippen LogP contribution in [0.2, 0.25) is 0 Å². The van der Waals surface area contributed by atoms with Gasteiger partial charge in [-0.25, -0.2) is 0 Å². The van der Waals surface area contributed by atoms with Crippen LogP contribution in [0.25, 0.3) is 0 Å². The zero-order valence-corrected chi connectivity index (χ0v) is 11.6. The molecular weight excluding hydrogens is 212 g/mol. The third kappa shape index (κ3) is 4.73. The van der Waals surface area contributed by atoms with Crippen LogP contribution in [0, 0.1) is 6.92 Å². The number of rotatable bonds is 6. The van der Waals surface area contributed by atoms with E-state index >= 15 is 0 Å². The molecule has 0 amide bonds. The fraction of sp³-hybridized carbons (Fsp3) is 0.643. The van der Waals surface area contributed by atoms with E-state index in [-0.39, 0.29) is 6.10 Å². The van der Waals surface area contributed by atoms with Gasteiger partial charge in [-0.2, -0.15) is 0 Å². The van der Waals surface area contributed by atoms with Crippen LogP contribution in [0.5, 0.6) is 5.75 Å². The number of aryl methyl sites for hydroxylation is 1. The molecule has 0 aliphatic carbocycles. The fourth-order valence-electron chi connectivity index (χ4n) is 1.42. The molecule has 17 heavy (non-hydrogen) atoms. The maximum Gasteiger partial charge on any atom is 0.127 e. The number of pyridine rings is 1. The Bertz CT molecular complexity index is 350. The van der Waals surface area contributed by atoms with Crippen molar-refractivity contribution in [3.63, 3.8) is 0 Å². The van der Waals surface area contributed by atoms with Gasteiger partial charge in [-0.1, -0.05) is 20.8 Å². The van der Waals surface area contributed by atoms with Crippen molar-refractivity contribution in [2.24, 2.45) is 0 Å². The highest BCUT2D eigenvalue weighted by Gasteiger charge is 2.08. The number of hydrogen-bond donors (Lipinski definition) is 1. The van der Waals surface area contributed by atoms with E-state index in [9.17, 15) is 0 Å². The van der Waals surface area contributed by atoms with Crippen molar-refractivity contribution in [3.8, 4) is 5.75 Å². The van der Waals surface area contributed by atoms with Crippen LogP contribution in [0.4, 0.5) is 0 Å². The average molecular weight is 236 g/mol. The number of nitrogens with zero attached hydrogens (tertiary/aromatic N) is 1. The summed E-state index contributed by atoms with van der Waals surface area (Å²) in [4.78, 5) is 4.33. The molecular formula is C14H24N2O. The molecule has 0 aliphatic rings. The van der Waals surface area contributed by atoms with Crippen molar-refractivity contribution >= 4 is 0 Å². The second-order valence-electron chi connectivity index (χ2n) is 4.81. The van der Waals surface area contributed by atoms with Gasteiger partial charge in [0.2, 0.25) is 0 Å². The Kier molecular flexibility index (Phi) is 5.42. The summed E-state index contributed by atoms with van der Waals surface area (Å²) in [7, 11) is 0. The number of hydrogen-bond acceptors (Lipinski definition) is 3. The van der Waals surface area contributed by atoms with Gasteiger partial charge in [0.15, 0.2) is 0 Å². The summed E-state index contributed by atoms with van der Waals surface area (Å²) in [5.74, 6) is 0.958. The first-order valence-corrected chi connectivity index (χ1v) is 6.38. The number of nitrogens with one attached hydrogen (secondary N) is 1. The van der Waals surface area contributed by atoms with Gasteiger partial charge in [0, 0.05) is 36.1 Å². The SMILES string of the molecule is CCC(C)Oc1cc(C)ncc1CNC(C)C. The summed E-state index contributed by atoms with van der Waals surface area (Å²) in [6.07, 6.45) is 3.16. The Balaban J connectivity index is 2.79. The molecule has 1 atom stereocenters. The van der Waals surface area contributed by atoms with Crippen LogP contribution in [0.1, 0.15) is 45.4 Å². The van der Waals surface area contributed by atoms with Crippen molar-refractivity contribution in [2.45, 2.75) is 59.7 Å². The lowest BCUT2D eigenvalue weighted by Crippen LogP contribution is -2.23. The maximum absolute atomic E-state index is 5.93. The molecule has 1 heterocycles. The molecule has 1 N–H and O–H groups in total. The fourth-order valence-corrected chi connectivity index (χ4v) is 1.42. The molecule has 96 valence electrons. The van der Waals surface area contributed by atoms with Crippen LogP contribution in [0.3, 0.4) is 0 Å². The van der Waals surface area contributed by atoms with E-state index < -0.39 is 0 Å². The van der Waals surface area contributed by atoms with Crippen molar-refractivity contribution in [2.75, 3.05) is 0 Å². The zero-order chi connectivity index (χ0) is 12.8. The molecule has 1 unspecified atom stereocenters. The Labute approximate surface area is 105 Å². The van der Waals surface area contributed by atoms with Crippen LogP contribution >= 0.6 is 0 Å². The van der Waals surface area contributed by atoms with Crippen molar-refractivity contribution in [1.29, 1.82) is 0 Å². The van der Waals surface area contributed by atoms with Gasteiger partial charge < -0.3 is 10.1 Å². The second kappa shape index (κ2) is 6.60. The molecule has 0 aromatic carbocycles. The van der Waals surface area contributed by atoms with Crippen molar-refractivity contribution in [1.82, 2.24) is 10.3 Å². The molecule has 3 nitrogen and oxygen atoms in total. The first-order valence-electron chi connectivity index (χ1n) is 6.38. The van der Waals surface area contributed by atoms with Crippen molar-refractivity contribution < 1.29 is 4.74 Å². The van der Waals surface area contributed by atoms with Gasteiger partial charge >= 0.3 is 0 Å². The lowest BCUT2D eigenvalue weighted by Gasteiger charge is -2.17. The third-order valence-corrected chi connectivity index (χ3v) is 2.68. The molecule has 0 radical (unpaired) electrons. The minimum atomic E-state index is 0.245. The molecule has 0 bridgehead atoms. The minimum absolute atomic E-state index is 0.245. The average Bonchev–Trinajstić information content (AvgIpc) is 2.27. The van der Waals surface area contributed by atoms with Crippen LogP contribution in [0.15, 0.2) is 12.3 Å². The molecule has 0 saturated heterocycles. The first kappa shape index (κ1) is 14.0. The number of aromatic nitrogens is 1. The lowest BCUT2D eigenvalue weighted by atomic mass is 10.2. The summed E-state index contributed by atoms with van der Waals surface area (Å²) in [5, 5.41) is 3.39. The highest BCUT2D eigenvalue weighted by Crippen LogP contribution is 2.20. The van der Waals surface area contributed by atoms with E-state index in [0.717, 1.165) is 30.0 Å². The second-order valence-corrected chi connectivity index (χ2v) is 4.81. The molecule has 1 aromatic rings. The Morgan fingerprint density at radius 2 is 2.06 bits per heavy atom. The molecule has 1 rings (SSSR count). The van der Waals surface area contributed by atoms with Crippen LogP contribution in [-0.4, -0.2) is 17.1 Å². The van der Waals surface area contributed by atoms with Crippen LogP contribution in [-0.2, 0) is 6.54 Å². The largest absolute Gasteiger partial charge is 0.490 e. The smallest absolute Gasteiger partial charge is 0.127 e. The van der Waals surface area contributed by atoms with Gasteiger partial charge in [-0.3, -0.25) is 4.98 Å². The van der Waals surface area contributed by atoms with Gasteiger partial charge in [0.25, 0.3) is 0 Å². The predicted molar refractivity (Wildman–Crippen MR) is 71.3 cm³/mol. The van der Waals surface area contributed by atoms with E-state index in [0.29, 0.717) is 6.04 Å². The first-order chi connectivity index (χ1) is 8.02.